The van der Waals surface area contributed by atoms with Crippen LogP contribution in [-0.2, 0) is 0 Å². The molecule has 6 unspecified atom stereocenters. The summed E-state index contributed by atoms with van der Waals surface area (Å²) in [6, 6.07) is 25.3. The van der Waals surface area contributed by atoms with E-state index in [4.69, 9.17) is 23.2 Å². The second kappa shape index (κ2) is 11.8. The van der Waals surface area contributed by atoms with Crippen LogP contribution in [0.1, 0.15) is 71.6 Å². The lowest BCUT2D eigenvalue weighted by atomic mass is 9.66. The van der Waals surface area contributed by atoms with Crippen LogP contribution in [0.25, 0.3) is 0 Å². The molecule has 0 amide bonds. The summed E-state index contributed by atoms with van der Waals surface area (Å²) in [4.78, 5) is 14.0. The van der Waals surface area contributed by atoms with Crippen molar-refractivity contribution in [3.8, 4) is 0 Å². The molecule has 40 heavy (non-hydrogen) atoms. The zero-order valence-electron chi connectivity index (χ0n) is 22.8. The highest BCUT2D eigenvalue weighted by Crippen LogP contribution is 2.46. The molecule has 210 valence electrons. The molecule has 3 aromatic carbocycles. The second-order valence-electron chi connectivity index (χ2n) is 11.9. The molecule has 2 heterocycles. The summed E-state index contributed by atoms with van der Waals surface area (Å²) >= 11 is 12.5. The van der Waals surface area contributed by atoms with Crippen LogP contribution >= 0.6 is 23.2 Å². The number of fused-ring (bicyclic) bond motifs is 1. The maximum absolute atomic E-state index is 11.5. The number of carbonyl (C=O) groups is 1. The molecule has 0 radical (unpaired) electrons. The number of likely N-dealkylation sites (tertiary alicyclic amines) is 1. The molecule has 6 rings (SSSR count). The van der Waals surface area contributed by atoms with Crippen LogP contribution in [0, 0.1) is 17.8 Å². The summed E-state index contributed by atoms with van der Waals surface area (Å²) in [6.45, 7) is 4.25. The number of aromatic carboxylic acids is 1. The Bertz CT molecular complexity index is 1290. The third-order valence-corrected chi connectivity index (χ3v) is 10.2. The molecular weight excluding hydrogens is 541 g/mol. The van der Waals surface area contributed by atoms with E-state index in [9.17, 15) is 9.90 Å². The number of hydrogen-bond acceptors (Lipinski definition) is 4. The number of carboxylic acids is 1. The molecule has 1 aliphatic carbocycles. The van der Waals surface area contributed by atoms with E-state index in [1.807, 2.05) is 36.4 Å². The first-order valence-corrected chi connectivity index (χ1v) is 15.2. The molecule has 0 bridgehead atoms. The highest BCUT2D eigenvalue weighted by Gasteiger charge is 2.46. The van der Waals surface area contributed by atoms with Gasteiger partial charge in [0.25, 0.3) is 0 Å². The van der Waals surface area contributed by atoms with Gasteiger partial charge in [0.15, 0.2) is 0 Å². The summed E-state index contributed by atoms with van der Waals surface area (Å²) in [5, 5.41) is 11.0. The van der Waals surface area contributed by atoms with Crippen molar-refractivity contribution in [1.82, 2.24) is 15.8 Å². The van der Waals surface area contributed by atoms with Crippen LogP contribution in [0.5, 0.6) is 0 Å². The Morgan fingerprint density at radius 3 is 2.23 bits per heavy atom. The molecular formula is C33H37Cl2N3O2. The van der Waals surface area contributed by atoms with Crippen molar-refractivity contribution in [2.75, 3.05) is 13.1 Å². The van der Waals surface area contributed by atoms with Crippen LogP contribution in [0.4, 0.5) is 0 Å². The third-order valence-electron chi connectivity index (χ3n) is 9.69. The van der Waals surface area contributed by atoms with Gasteiger partial charge in [-0.3, -0.25) is 15.8 Å². The van der Waals surface area contributed by atoms with Gasteiger partial charge < -0.3 is 5.11 Å². The van der Waals surface area contributed by atoms with Gasteiger partial charge in [0.05, 0.1) is 5.56 Å². The summed E-state index contributed by atoms with van der Waals surface area (Å²) in [7, 11) is 0. The fraction of sp³-hybridized carbons (Fsp3) is 0.424. The van der Waals surface area contributed by atoms with Crippen LogP contribution in [-0.4, -0.2) is 41.1 Å². The first kappa shape index (κ1) is 27.7. The minimum absolute atomic E-state index is 0.188. The van der Waals surface area contributed by atoms with E-state index in [1.54, 1.807) is 6.07 Å². The van der Waals surface area contributed by atoms with Crippen molar-refractivity contribution in [3.63, 3.8) is 0 Å². The average molecular weight is 579 g/mol. The fourth-order valence-electron chi connectivity index (χ4n) is 7.58. The molecule has 3 fully saturated rings. The van der Waals surface area contributed by atoms with E-state index < -0.39 is 5.97 Å². The third kappa shape index (κ3) is 5.68. The first-order chi connectivity index (χ1) is 19.4. The molecule has 3 aromatic rings. The summed E-state index contributed by atoms with van der Waals surface area (Å²) in [6.07, 6.45) is 4.64. The predicted molar refractivity (Wildman–Crippen MR) is 161 cm³/mol. The molecule has 2 aliphatic heterocycles. The van der Waals surface area contributed by atoms with Crippen molar-refractivity contribution in [3.05, 3.63) is 105 Å². The minimum atomic E-state index is -0.872. The fourth-order valence-corrected chi connectivity index (χ4v) is 7.83. The summed E-state index contributed by atoms with van der Waals surface area (Å²) < 4.78 is 0. The number of carboxylic acid groups (broad SMARTS) is 1. The minimum Gasteiger partial charge on any atom is -0.478 e. The zero-order valence-corrected chi connectivity index (χ0v) is 24.3. The van der Waals surface area contributed by atoms with Crippen molar-refractivity contribution in [2.45, 2.75) is 56.7 Å². The number of hydrogen-bond donors (Lipinski definition) is 3. The number of hydrazine groups is 1. The zero-order chi connectivity index (χ0) is 27.8. The predicted octanol–water partition coefficient (Wildman–Crippen LogP) is 7.17. The van der Waals surface area contributed by atoms with Gasteiger partial charge in [-0.1, -0.05) is 59.6 Å². The first-order valence-electron chi connectivity index (χ1n) is 14.5. The van der Waals surface area contributed by atoms with Crippen LogP contribution in [0.3, 0.4) is 0 Å². The van der Waals surface area contributed by atoms with Crippen LogP contribution < -0.4 is 10.9 Å². The topological polar surface area (TPSA) is 64.6 Å². The molecule has 5 nitrogen and oxygen atoms in total. The standard InChI is InChI=1S/C33H37Cl2N3O2/c1-20(23-3-2-4-25(17-23)33(39)40)38-16-15-26(19-38)32-29-18-24(9-14-30(29)36-37-32)31(21-5-10-27(34)11-6-21)22-7-12-28(35)13-8-22/h2-8,10-13,17,20,24,26,29-32,36-37H,9,14-16,18-19H2,1H3,(H,39,40). The van der Waals surface area contributed by atoms with Crippen molar-refractivity contribution >= 4 is 29.2 Å². The van der Waals surface area contributed by atoms with Crippen molar-refractivity contribution < 1.29 is 9.90 Å². The SMILES string of the molecule is CC(c1cccc(C(=O)O)c1)N1CCC(C2NNC3CCC(C(c4ccc(Cl)cc4)c4ccc(Cl)cc4)CC32)C1. The van der Waals surface area contributed by atoms with Gasteiger partial charge in [0, 0.05) is 40.6 Å². The van der Waals surface area contributed by atoms with Crippen LogP contribution in [0.2, 0.25) is 10.0 Å². The van der Waals surface area contributed by atoms with E-state index in [-0.39, 0.29) is 6.04 Å². The van der Waals surface area contributed by atoms with E-state index in [1.165, 1.54) is 17.5 Å². The molecule has 0 aromatic heterocycles. The van der Waals surface area contributed by atoms with Crippen LogP contribution in [0.15, 0.2) is 72.8 Å². The van der Waals surface area contributed by atoms with Crippen molar-refractivity contribution in [2.24, 2.45) is 17.8 Å². The quantitative estimate of drug-likeness (QED) is 0.278. The number of benzene rings is 3. The number of nitrogens with one attached hydrogen (secondary N) is 2. The molecule has 2 saturated heterocycles. The lowest BCUT2D eigenvalue weighted by Gasteiger charge is -2.39. The lowest BCUT2D eigenvalue weighted by molar-refractivity contribution is 0.0696. The van der Waals surface area contributed by atoms with Gasteiger partial charge in [0.1, 0.15) is 0 Å². The average Bonchev–Trinajstić information content (AvgIpc) is 3.62. The number of nitrogens with zero attached hydrogens (tertiary/aromatic N) is 1. The number of halogens is 2. The summed E-state index contributed by atoms with van der Waals surface area (Å²) in [5.74, 6) is 1.08. The smallest absolute Gasteiger partial charge is 0.335 e. The molecule has 0 spiro atoms. The number of rotatable bonds is 7. The second-order valence-corrected chi connectivity index (χ2v) is 12.8. The van der Waals surface area contributed by atoms with Gasteiger partial charge in [-0.15, -0.1) is 0 Å². The maximum atomic E-state index is 11.5. The van der Waals surface area contributed by atoms with Crippen molar-refractivity contribution in [1.29, 1.82) is 0 Å². The molecule has 3 aliphatic rings. The Morgan fingerprint density at radius 1 is 0.900 bits per heavy atom. The maximum Gasteiger partial charge on any atom is 0.335 e. The van der Waals surface area contributed by atoms with E-state index in [0.717, 1.165) is 48.0 Å². The Morgan fingerprint density at radius 2 is 1.57 bits per heavy atom. The lowest BCUT2D eigenvalue weighted by Crippen LogP contribution is -2.41. The van der Waals surface area contributed by atoms with E-state index in [2.05, 4.69) is 53.0 Å². The van der Waals surface area contributed by atoms with E-state index in [0.29, 0.717) is 41.3 Å². The van der Waals surface area contributed by atoms with Gasteiger partial charge in [0.2, 0.25) is 0 Å². The molecule has 7 heteroatoms. The monoisotopic (exact) mass is 577 g/mol. The largest absolute Gasteiger partial charge is 0.478 e. The Kier molecular flexibility index (Phi) is 8.21. The Labute approximate surface area is 246 Å². The van der Waals surface area contributed by atoms with E-state index >= 15 is 0 Å². The normalized spacial score (nSPS) is 27.6. The highest BCUT2D eigenvalue weighted by atomic mass is 35.5. The molecule has 3 N–H and O–H groups in total. The summed E-state index contributed by atoms with van der Waals surface area (Å²) in [5.41, 5.74) is 11.5. The highest BCUT2D eigenvalue weighted by molar-refractivity contribution is 6.30. The van der Waals surface area contributed by atoms with Gasteiger partial charge in [-0.25, -0.2) is 4.79 Å². The molecule has 1 saturated carbocycles. The van der Waals surface area contributed by atoms with Gasteiger partial charge in [-0.2, -0.15) is 0 Å². The Hall–Kier alpha value is -2.41. The van der Waals surface area contributed by atoms with Gasteiger partial charge >= 0.3 is 5.97 Å². The molecule has 6 atom stereocenters. The Balaban J connectivity index is 1.19. The van der Waals surface area contributed by atoms with Gasteiger partial charge in [-0.05, 0) is 110 Å².